The molecular formula is C15H30NO6+. The number of esters is 1. The van der Waals surface area contributed by atoms with Crippen LogP contribution in [0.4, 0.5) is 0 Å². The number of hydrogen-bond donors (Lipinski definition) is 1. The van der Waals surface area contributed by atoms with Crippen LogP contribution in [0.3, 0.4) is 0 Å². The zero-order valence-corrected chi connectivity index (χ0v) is 13.9. The lowest BCUT2D eigenvalue weighted by Crippen LogP contribution is -2.67. The first-order chi connectivity index (χ1) is 10.6. The van der Waals surface area contributed by atoms with Gasteiger partial charge in [-0.15, -0.1) is 0 Å². The Labute approximate surface area is 132 Å². The van der Waals surface area contributed by atoms with Crippen LogP contribution in [0.2, 0.25) is 0 Å². The van der Waals surface area contributed by atoms with Crippen LogP contribution in [0.15, 0.2) is 0 Å². The highest BCUT2D eigenvalue weighted by Gasteiger charge is 2.35. The number of ether oxygens (including phenoxy) is 5. The average Bonchev–Trinajstić information content (AvgIpc) is 2.53. The molecule has 0 aromatic carbocycles. The molecule has 1 fully saturated rings. The molecule has 1 heterocycles. The van der Waals surface area contributed by atoms with E-state index in [-0.39, 0.29) is 24.8 Å². The van der Waals surface area contributed by atoms with Gasteiger partial charge in [-0.25, -0.2) is 4.79 Å². The monoisotopic (exact) mass is 320 g/mol. The molecule has 0 radical (unpaired) electrons. The van der Waals surface area contributed by atoms with E-state index in [1.165, 1.54) is 0 Å². The quantitative estimate of drug-likeness (QED) is 0.491. The largest absolute Gasteiger partial charge is 0.455 e. The maximum absolute atomic E-state index is 11.9. The minimum Gasteiger partial charge on any atom is -0.455 e. The van der Waals surface area contributed by atoms with Crippen molar-refractivity contribution >= 4 is 5.97 Å². The number of rotatable bonds is 8. The molecule has 0 bridgehead atoms. The maximum Gasteiger partial charge on any atom is 0.367 e. The van der Waals surface area contributed by atoms with Crippen molar-refractivity contribution < 1.29 is 34.2 Å². The second-order valence-electron chi connectivity index (χ2n) is 5.47. The van der Waals surface area contributed by atoms with Crippen molar-refractivity contribution in [2.24, 2.45) is 0 Å². The Morgan fingerprint density at radius 1 is 1.23 bits per heavy atom. The first kappa shape index (κ1) is 19.3. The molecule has 7 nitrogen and oxygen atoms in total. The molecule has 1 aliphatic heterocycles. The minimum atomic E-state index is -0.531. The fraction of sp³-hybridized carbons (Fsp3) is 0.933. The lowest BCUT2D eigenvalue weighted by Gasteiger charge is -2.30. The van der Waals surface area contributed by atoms with Crippen molar-refractivity contribution in [1.29, 1.82) is 0 Å². The van der Waals surface area contributed by atoms with Crippen LogP contribution in [0, 0.1) is 0 Å². The van der Waals surface area contributed by atoms with Crippen LogP contribution in [-0.2, 0) is 28.5 Å². The van der Waals surface area contributed by atoms with Gasteiger partial charge in [-0.2, -0.15) is 0 Å². The lowest BCUT2D eigenvalue weighted by molar-refractivity contribution is -0.415. The highest BCUT2D eigenvalue weighted by molar-refractivity contribution is 5.74. The van der Waals surface area contributed by atoms with Crippen molar-refractivity contribution in [3.05, 3.63) is 0 Å². The molecule has 3 N–H and O–H groups in total. The number of cyclic esters (lactones) is 1. The molecule has 1 rings (SSSR count). The smallest absolute Gasteiger partial charge is 0.367 e. The highest BCUT2D eigenvalue weighted by atomic mass is 16.6. The normalized spacial score (nSPS) is 30.3. The lowest BCUT2D eigenvalue weighted by atomic mass is 10.1. The van der Waals surface area contributed by atoms with E-state index < -0.39 is 12.1 Å². The van der Waals surface area contributed by atoms with Crippen molar-refractivity contribution in [2.75, 3.05) is 40.1 Å². The van der Waals surface area contributed by atoms with Gasteiger partial charge in [0.2, 0.25) is 6.04 Å². The van der Waals surface area contributed by atoms with Gasteiger partial charge >= 0.3 is 5.97 Å². The Morgan fingerprint density at radius 3 is 2.68 bits per heavy atom. The molecule has 7 heteroatoms. The first-order valence-corrected chi connectivity index (χ1v) is 7.93. The van der Waals surface area contributed by atoms with E-state index in [0.29, 0.717) is 26.4 Å². The predicted molar refractivity (Wildman–Crippen MR) is 79.3 cm³/mol. The van der Waals surface area contributed by atoms with E-state index in [9.17, 15) is 4.79 Å². The summed E-state index contributed by atoms with van der Waals surface area (Å²) in [4.78, 5) is 11.9. The number of hydrogen-bond acceptors (Lipinski definition) is 6. The van der Waals surface area contributed by atoms with E-state index in [0.717, 1.165) is 12.8 Å². The molecule has 130 valence electrons. The van der Waals surface area contributed by atoms with Gasteiger partial charge in [-0.3, -0.25) is 0 Å². The number of carbonyl (C=O) groups excluding carboxylic acids is 1. The summed E-state index contributed by atoms with van der Waals surface area (Å²) in [5.74, 6) is -0.373. The van der Waals surface area contributed by atoms with E-state index in [1.54, 1.807) is 7.11 Å². The zero-order valence-electron chi connectivity index (χ0n) is 13.9. The molecule has 0 aromatic rings. The standard InChI is InChI=1S/C15H29NO6/c1-4-5-6-20-13-10-19-9-12(16)15(17)22-11(2)14(13)21-8-7-18-3/h11-14H,4-10,16H2,1-3H3/p+1/t11-,12-,13-,14-/m0/s1. The van der Waals surface area contributed by atoms with Crippen molar-refractivity contribution in [3.8, 4) is 0 Å². The molecule has 0 aliphatic carbocycles. The summed E-state index contributed by atoms with van der Waals surface area (Å²) in [6.07, 6.45) is 0.918. The van der Waals surface area contributed by atoms with Gasteiger partial charge in [-0.05, 0) is 13.3 Å². The molecular weight excluding hydrogens is 290 g/mol. The molecule has 0 unspecified atom stereocenters. The molecule has 1 saturated heterocycles. The molecule has 4 atom stereocenters. The van der Waals surface area contributed by atoms with E-state index in [4.69, 9.17) is 23.7 Å². The number of unbranched alkanes of at least 4 members (excludes halogenated alkanes) is 1. The fourth-order valence-electron chi connectivity index (χ4n) is 2.17. The fourth-order valence-corrected chi connectivity index (χ4v) is 2.17. The first-order valence-electron chi connectivity index (χ1n) is 7.93. The van der Waals surface area contributed by atoms with E-state index in [1.807, 2.05) is 6.92 Å². The van der Waals surface area contributed by atoms with Crippen LogP contribution in [0.5, 0.6) is 0 Å². The third-order valence-corrected chi connectivity index (χ3v) is 3.49. The molecule has 0 spiro atoms. The third-order valence-electron chi connectivity index (χ3n) is 3.49. The van der Waals surface area contributed by atoms with Crippen molar-refractivity contribution in [3.63, 3.8) is 0 Å². The van der Waals surface area contributed by atoms with Crippen molar-refractivity contribution in [1.82, 2.24) is 0 Å². The van der Waals surface area contributed by atoms with Gasteiger partial charge in [0.15, 0.2) is 0 Å². The third kappa shape index (κ3) is 6.58. The van der Waals surface area contributed by atoms with Crippen LogP contribution >= 0.6 is 0 Å². The summed E-state index contributed by atoms with van der Waals surface area (Å²) in [7, 11) is 1.61. The summed E-state index contributed by atoms with van der Waals surface area (Å²) in [6, 6.07) is -0.531. The molecule has 1 aliphatic rings. The van der Waals surface area contributed by atoms with Gasteiger partial charge in [-0.1, -0.05) is 13.3 Å². The highest BCUT2D eigenvalue weighted by Crippen LogP contribution is 2.16. The Balaban J connectivity index is 2.72. The second-order valence-corrected chi connectivity index (χ2v) is 5.47. The summed E-state index contributed by atoms with van der Waals surface area (Å²) in [6.45, 7) is 6.00. The summed E-state index contributed by atoms with van der Waals surface area (Å²) in [5.41, 5.74) is 3.76. The van der Waals surface area contributed by atoms with Gasteiger partial charge in [0.1, 0.15) is 24.9 Å². The Hall–Kier alpha value is -0.730. The summed E-state index contributed by atoms with van der Waals surface area (Å²) >= 11 is 0. The van der Waals surface area contributed by atoms with Crippen LogP contribution in [-0.4, -0.2) is 70.5 Å². The minimum absolute atomic E-state index is 0.226. The average molecular weight is 320 g/mol. The van der Waals surface area contributed by atoms with Crippen LogP contribution < -0.4 is 5.73 Å². The Morgan fingerprint density at radius 2 is 2.00 bits per heavy atom. The van der Waals surface area contributed by atoms with E-state index in [2.05, 4.69) is 12.7 Å². The maximum atomic E-state index is 11.9. The SMILES string of the molecule is CCCCO[C@H]1COC[C@H]([NH3+])C(=O)O[C@@H](C)[C@@H]1OCCOC. The Bertz CT molecular complexity index is 314. The topological polar surface area (TPSA) is 90.9 Å². The van der Waals surface area contributed by atoms with Gasteiger partial charge in [0.05, 0.1) is 19.8 Å². The number of methoxy groups -OCH3 is 1. The van der Waals surface area contributed by atoms with E-state index >= 15 is 0 Å². The van der Waals surface area contributed by atoms with Gasteiger partial charge < -0.3 is 29.4 Å². The molecule has 22 heavy (non-hydrogen) atoms. The van der Waals surface area contributed by atoms with Gasteiger partial charge in [0, 0.05) is 13.7 Å². The van der Waals surface area contributed by atoms with Crippen molar-refractivity contribution in [2.45, 2.75) is 51.0 Å². The summed E-state index contributed by atoms with van der Waals surface area (Å²) < 4.78 is 27.7. The zero-order chi connectivity index (χ0) is 16.4. The summed E-state index contributed by atoms with van der Waals surface area (Å²) in [5, 5.41) is 0. The molecule has 0 saturated carbocycles. The second kappa shape index (κ2) is 10.9. The molecule has 0 amide bonds. The van der Waals surface area contributed by atoms with Crippen LogP contribution in [0.25, 0.3) is 0 Å². The Kier molecular flexibility index (Phi) is 9.58. The predicted octanol–water partition coefficient (Wildman–Crippen LogP) is -0.224. The molecule has 0 aromatic heterocycles. The number of quaternary nitrogens is 1. The number of carbonyl (C=O) groups is 1. The van der Waals surface area contributed by atoms with Gasteiger partial charge in [0.25, 0.3) is 0 Å². The van der Waals surface area contributed by atoms with Crippen LogP contribution in [0.1, 0.15) is 26.7 Å².